The normalized spacial score (nSPS) is 17.7. The highest BCUT2D eigenvalue weighted by molar-refractivity contribution is 9.10. The smallest absolute Gasteiger partial charge is 0.416 e. The molecule has 0 saturated carbocycles. The molecular formula is C34H30Br2F3N3O4. The lowest BCUT2D eigenvalue weighted by molar-refractivity contribution is -0.137. The van der Waals surface area contributed by atoms with Gasteiger partial charge in [-0.1, -0.05) is 74.3 Å². The van der Waals surface area contributed by atoms with E-state index in [-0.39, 0.29) is 25.5 Å². The largest absolute Gasteiger partial charge is 0.494 e. The Morgan fingerprint density at radius 2 is 1.61 bits per heavy atom. The van der Waals surface area contributed by atoms with Crippen LogP contribution >= 0.6 is 31.9 Å². The molecule has 0 bridgehead atoms. The predicted molar refractivity (Wildman–Crippen MR) is 175 cm³/mol. The van der Waals surface area contributed by atoms with E-state index in [9.17, 15) is 18.0 Å². The molecule has 0 saturated heterocycles. The minimum atomic E-state index is -4.48. The molecule has 0 fully saturated rings. The quantitative estimate of drug-likeness (QED) is 0.104. The first kappa shape index (κ1) is 33.6. The van der Waals surface area contributed by atoms with Crippen LogP contribution in [0.1, 0.15) is 40.3 Å². The highest BCUT2D eigenvalue weighted by Crippen LogP contribution is 2.43. The molecular weight excluding hydrogens is 731 g/mol. The lowest BCUT2D eigenvalue weighted by Gasteiger charge is -2.31. The first-order valence-corrected chi connectivity index (χ1v) is 16.0. The number of benzene rings is 4. The molecule has 5 rings (SSSR count). The molecule has 46 heavy (non-hydrogen) atoms. The van der Waals surface area contributed by atoms with Crippen molar-refractivity contribution in [3.63, 3.8) is 0 Å². The van der Waals surface area contributed by atoms with Crippen molar-refractivity contribution in [1.29, 1.82) is 0 Å². The number of aliphatic hydroxyl groups excluding tert-OH is 1. The minimum absolute atomic E-state index is 0.0253. The summed E-state index contributed by atoms with van der Waals surface area (Å²) in [6.07, 6.45) is -4.68. The highest BCUT2D eigenvalue weighted by atomic mass is 79.9. The van der Waals surface area contributed by atoms with Crippen LogP contribution in [0.2, 0.25) is 0 Å². The van der Waals surface area contributed by atoms with Gasteiger partial charge >= 0.3 is 6.18 Å². The molecule has 0 aliphatic carbocycles. The van der Waals surface area contributed by atoms with Crippen molar-refractivity contribution in [2.45, 2.75) is 37.2 Å². The van der Waals surface area contributed by atoms with Crippen molar-refractivity contribution in [1.82, 2.24) is 10.9 Å². The average molecular weight is 761 g/mol. The van der Waals surface area contributed by atoms with Gasteiger partial charge in [-0.3, -0.25) is 10.2 Å². The molecule has 1 aliphatic heterocycles. The summed E-state index contributed by atoms with van der Waals surface area (Å²) in [5, 5.41) is 9.04. The number of rotatable bonds is 12. The number of halogens is 5. The number of hydrazine groups is 1. The monoisotopic (exact) mass is 759 g/mol. The molecule has 1 aliphatic rings. The van der Waals surface area contributed by atoms with E-state index in [4.69, 9.17) is 19.6 Å². The molecule has 240 valence electrons. The number of aliphatic imine (C=N–C) groups is 1. The second-order valence-corrected chi connectivity index (χ2v) is 12.5. The van der Waals surface area contributed by atoms with Gasteiger partial charge in [-0.15, -0.1) is 0 Å². The van der Waals surface area contributed by atoms with Crippen LogP contribution in [-0.2, 0) is 28.7 Å². The molecule has 12 heteroatoms. The zero-order chi connectivity index (χ0) is 32.7. The first-order valence-electron chi connectivity index (χ1n) is 14.4. The molecule has 0 aromatic heterocycles. The third kappa shape index (κ3) is 8.16. The Labute approximate surface area is 281 Å². The molecule has 7 nitrogen and oxygen atoms in total. The Balaban J connectivity index is 1.49. The lowest BCUT2D eigenvalue weighted by Crippen LogP contribution is -2.53. The van der Waals surface area contributed by atoms with Gasteiger partial charge in [0.15, 0.2) is 11.6 Å². The maximum atomic E-state index is 14.3. The molecule has 3 N–H and O–H groups in total. The number of aliphatic hydroxyl groups is 1. The summed E-state index contributed by atoms with van der Waals surface area (Å²) < 4.78 is 53.7. The van der Waals surface area contributed by atoms with Crippen LogP contribution in [0, 0.1) is 0 Å². The second-order valence-electron chi connectivity index (χ2n) is 10.6. The molecule has 1 heterocycles. The van der Waals surface area contributed by atoms with Crippen LogP contribution < -0.4 is 15.6 Å². The Bertz CT molecular complexity index is 1670. The minimum Gasteiger partial charge on any atom is -0.494 e. The average Bonchev–Trinajstić information content (AvgIpc) is 3.43. The third-order valence-corrected chi connectivity index (χ3v) is 8.40. The van der Waals surface area contributed by atoms with E-state index in [1.807, 2.05) is 48.5 Å². The zero-order valence-electron chi connectivity index (χ0n) is 24.4. The van der Waals surface area contributed by atoms with Crippen molar-refractivity contribution in [3.05, 3.63) is 134 Å². The van der Waals surface area contributed by atoms with E-state index in [0.29, 0.717) is 35.5 Å². The van der Waals surface area contributed by atoms with E-state index in [2.05, 4.69) is 42.7 Å². The Morgan fingerprint density at radius 1 is 0.935 bits per heavy atom. The Morgan fingerprint density at radius 3 is 2.26 bits per heavy atom. The molecule has 2 atom stereocenters. The molecule has 4 aromatic rings. The number of alkyl halides is 3. The van der Waals surface area contributed by atoms with E-state index in [1.54, 1.807) is 30.3 Å². The van der Waals surface area contributed by atoms with Gasteiger partial charge in [-0.05, 0) is 71.3 Å². The van der Waals surface area contributed by atoms with E-state index in [1.165, 1.54) is 6.07 Å². The number of nitrogens with one attached hydrogen (secondary N) is 2. The first-order chi connectivity index (χ1) is 22.1. The standard InChI is InChI=1S/C34H30Br2F3N3O4/c35-27-11-5-22(6-12-27)20-33(32(44)42-40-21-23-3-1-4-26(19-23)34(37,38)39)30(24-7-13-28(36)14-8-24)46-31(41-33)25-9-15-29(16-10-25)45-18-2-17-43/h1,3-16,19,30,40,43H,2,17-18,20-21H2,(H,42,44)/t30-,33-/m0/s1. The van der Waals surface area contributed by atoms with Crippen LogP contribution in [0.4, 0.5) is 13.2 Å². The summed E-state index contributed by atoms with van der Waals surface area (Å²) >= 11 is 6.92. The number of nitrogens with zero attached hydrogens (tertiary/aromatic N) is 1. The van der Waals surface area contributed by atoms with Gasteiger partial charge in [0, 0.05) is 40.5 Å². The molecule has 0 radical (unpaired) electrons. The van der Waals surface area contributed by atoms with Crippen LogP contribution in [-0.4, -0.2) is 35.7 Å². The number of hydrogen-bond acceptors (Lipinski definition) is 6. The summed E-state index contributed by atoms with van der Waals surface area (Å²) in [6, 6.07) is 26.9. The Kier molecular flexibility index (Phi) is 10.8. The maximum absolute atomic E-state index is 14.3. The molecule has 4 aromatic carbocycles. The van der Waals surface area contributed by atoms with Crippen LogP contribution in [0.25, 0.3) is 0 Å². The van der Waals surface area contributed by atoms with Crippen molar-refractivity contribution in [2.24, 2.45) is 4.99 Å². The van der Waals surface area contributed by atoms with Gasteiger partial charge in [0.1, 0.15) is 5.75 Å². The summed E-state index contributed by atoms with van der Waals surface area (Å²) in [5.74, 6) is 0.340. The SMILES string of the molecule is O=C(NNCc1cccc(C(F)(F)F)c1)[C@@]1(Cc2ccc(Br)cc2)N=C(c2ccc(OCCCO)cc2)O[C@H]1c1ccc(Br)cc1. The lowest BCUT2D eigenvalue weighted by atomic mass is 9.82. The fourth-order valence-corrected chi connectivity index (χ4v) is 5.55. The van der Waals surface area contributed by atoms with Gasteiger partial charge in [0.2, 0.25) is 5.90 Å². The van der Waals surface area contributed by atoms with E-state index < -0.39 is 29.3 Å². The summed E-state index contributed by atoms with van der Waals surface area (Å²) in [5.41, 5.74) is 5.72. The topological polar surface area (TPSA) is 92.2 Å². The van der Waals surface area contributed by atoms with Crippen LogP contribution in [0.3, 0.4) is 0 Å². The third-order valence-electron chi connectivity index (χ3n) is 7.34. The van der Waals surface area contributed by atoms with E-state index in [0.717, 1.165) is 26.6 Å². The van der Waals surface area contributed by atoms with Crippen molar-refractivity contribution in [2.75, 3.05) is 13.2 Å². The summed E-state index contributed by atoms with van der Waals surface area (Å²) in [7, 11) is 0. The number of carbonyl (C=O) groups excluding carboxylic acids is 1. The fraction of sp³-hybridized carbons (Fsp3) is 0.235. The number of carbonyl (C=O) groups is 1. The zero-order valence-corrected chi connectivity index (χ0v) is 27.5. The molecule has 0 unspecified atom stereocenters. The molecule has 0 spiro atoms. The van der Waals surface area contributed by atoms with Gasteiger partial charge in [0.05, 0.1) is 12.2 Å². The number of ether oxygens (including phenoxy) is 2. The van der Waals surface area contributed by atoms with Gasteiger partial charge < -0.3 is 14.6 Å². The van der Waals surface area contributed by atoms with Gasteiger partial charge in [-0.2, -0.15) is 13.2 Å². The van der Waals surface area contributed by atoms with Crippen LogP contribution in [0.5, 0.6) is 5.75 Å². The van der Waals surface area contributed by atoms with Gasteiger partial charge in [0.25, 0.3) is 5.91 Å². The fourth-order valence-electron chi connectivity index (χ4n) is 5.03. The van der Waals surface area contributed by atoms with Crippen molar-refractivity contribution in [3.8, 4) is 5.75 Å². The number of hydrogen-bond donors (Lipinski definition) is 3. The van der Waals surface area contributed by atoms with Crippen LogP contribution in [0.15, 0.2) is 111 Å². The number of amides is 1. The van der Waals surface area contributed by atoms with Gasteiger partial charge in [-0.25, -0.2) is 10.4 Å². The molecule has 1 amide bonds. The second kappa shape index (κ2) is 14.8. The summed E-state index contributed by atoms with van der Waals surface area (Å²) in [6.45, 7) is 0.336. The van der Waals surface area contributed by atoms with Crippen molar-refractivity contribution >= 4 is 43.7 Å². The highest BCUT2D eigenvalue weighted by Gasteiger charge is 2.53. The van der Waals surface area contributed by atoms with E-state index >= 15 is 0 Å². The maximum Gasteiger partial charge on any atom is 0.416 e. The predicted octanol–water partition coefficient (Wildman–Crippen LogP) is 7.31. The Hall–Kier alpha value is -3.71. The summed E-state index contributed by atoms with van der Waals surface area (Å²) in [4.78, 5) is 19.2. The van der Waals surface area contributed by atoms with Crippen molar-refractivity contribution < 1.29 is 32.5 Å².